The molecule has 2 aromatic carbocycles. The number of halogens is 1. The smallest absolute Gasteiger partial charge is 0.305 e. The summed E-state index contributed by atoms with van der Waals surface area (Å²) in [6.45, 7) is 10.5. The summed E-state index contributed by atoms with van der Waals surface area (Å²) in [6.07, 6.45) is 1.55. The number of Topliss-reactive ketones (excluding diaryl/α,β-unsaturated/α-hetero) is 2. The molecule has 1 aliphatic heterocycles. The van der Waals surface area contributed by atoms with Crippen molar-refractivity contribution in [3.05, 3.63) is 85.2 Å². The number of carbonyl (C=O) groups is 3. The number of aliphatic carboxylic acids is 1. The first-order valence-electron chi connectivity index (χ1n) is 15.4. The Morgan fingerprint density at radius 2 is 1.54 bits per heavy atom. The van der Waals surface area contributed by atoms with Crippen molar-refractivity contribution in [3.63, 3.8) is 0 Å². The highest BCUT2D eigenvalue weighted by Gasteiger charge is 2.49. The maximum atomic E-state index is 14.0. The molecule has 0 radical (unpaired) electrons. The van der Waals surface area contributed by atoms with Crippen LogP contribution < -0.4 is 9.47 Å². The number of carboxylic acids is 1. The summed E-state index contributed by atoms with van der Waals surface area (Å²) in [4.78, 5) is 52.3. The molecule has 0 fully saturated rings. The second kappa shape index (κ2) is 12.5. The van der Waals surface area contributed by atoms with Gasteiger partial charge in [0.2, 0.25) is 0 Å². The van der Waals surface area contributed by atoms with Gasteiger partial charge in [0, 0.05) is 60.0 Å². The van der Waals surface area contributed by atoms with Crippen LogP contribution in [0, 0.1) is 20.9 Å². The number of carbonyl (C=O) groups excluding carboxylic acids is 2. The number of nitrogens with zero attached hydrogens (tertiary/aromatic N) is 2. The van der Waals surface area contributed by atoms with Crippen molar-refractivity contribution >= 4 is 34.8 Å². The van der Waals surface area contributed by atoms with Crippen LogP contribution in [-0.4, -0.2) is 45.6 Å². The maximum absolute atomic E-state index is 14.0. The standard InChI is InChI=1S/C35H39ClN2O8/c1-6-45-28-14-21(13-23(36)33(28)46-19-20-7-9-22(10-8-20)38(43)44)30-31-24(15-34(2,3)17-26(31)39)37(12-11-29(41)42)25-16-35(4,5)18-27(40)32(25)30/h7-10,13-14,30H,6,11-12,15-19H2,1-5H3,(H,41,42). The molecule has 5 rings (SSSR count). The summed E-state index contributed by atoms with van der Waals surface area (Å²) in [5, 5.41) is 20.9. The summed E-state index contributed by atoms with van der Waals surface area (Å²) >= 11 is 6.88. The van der Waals surface area contributed by atoms with Crippen LogP contribution in [0.4, 0.5) is 5.69 Å². The van der Waals surface area contributed by atoms with Gasteiger partial charge < -0.3 is 19.5 Å². The Hall–Kier alpha value is -4.18. The molecular formula is C35H39ClN2O8. The number of nitro groups is 1. The predicted octanol–water partition coefficient (Wildman–Crippen LogP) is 7.39. The van der Waals surface area contributed by atoms with Crippen LogP contribution in [0.5, 0.6) is 11.5 Å². The zero-order chi connectivity index (χ0) is 33.6. The highest BCUT2D eigenvalue weighted by molar-refractivity contribution is 6.32. The van der Waals surface area contributed by atoms with Crippen LogP contribution >= 0.6 is 11.6 Å². The van der Waals surface area contributed by atoms with E-state index < -0.39 is 16.8 Å². The minimum Gasteiger partial charge on any atom is -0.490 e. The van der Waals surface area contributed by atoms with E-state index in [-0.39, 0.29) is 58.4 Å². The number of carboxylic acid groups (broad SMARTS) is 1. The van der Waals surface area contributed by atoms with E-state index in [1.54, 1.807) is 24.3 Å². The van der Waals surface area contributed by atoms with E-state index in [2.05, 4.69) is 0 Å². The monoisotopic (exact) mass is 650 g/mol. The third kappa shape index (κ3) is 6.67. The summed E-state index contributed by atoms with van der Waals surface area (Å²) in [6, 6.07) is 9.49. The lowest BCUT2D eigenvalue weighted by molar-refractivity contribution is -0.384. The number of hydrogen-bond donors (Lipinski definition) is 1. The molecule has 10 nitrogen and oxygen atoms in total. The van der Waals surface area contributed by atoms with Gasteiger partial charge in [-0.15, -0.1) is 0 Å². The number of allylic oxidation sites excluding steroid dienone is 4. The average Bonchev–Trinajstić information content (AvgIpc) is 2.94. The van der Waals surface area contributed by atoms with Gasteiger partial charge in [-0.25, -0.2) is 0 Å². The molecule has 244 valence electrons. The zero-order valence-electron chi connectivity index (χ0n) is 26.8. The SMILES string of the molecule is CCOc1cc(C2C3=C(CC(C)(C)CC3=O)N(CCC(=O)O)C3=C2C(=O)CC(C)(C)C3)cc(Cl)c1OCc1ccc([N+](=O)[O-])cc1. The van der Waals surface area contributed by atoms with Gasteiger partial charge >= 0.3 is 5.97 Å². The van der Waals surface area contributed by atoms with E-state index in [1.165, 1.54) is 12.1 Å². The van der Waals surface area contributed by atoms with Crippen molar-refractivity contribution in [3.8, 4) is 11.5 Å². The molecule has 0 aromatic heterocycles. The molecule has 1 N–H and O–H groups in total. The Morgan fingerprint density at radius 3 is 2.04 bits per heavy atom. The summed E-state index contributed by atoms with van der Waals surface area (Å²) in [5.41, 5.74) is 3.14. The molecular weight excluding hydrogens is 612 g/mol. The summed E-state index contributed by atoms with van der Waals surface area (Å²) in [5.74, 6) is -1.18. The molecule has 0 spiro atoms. The first kappa shape index (κ1) is 33.2. The molecule has 0 amide bonds. The van der Waals surface area contributed by atoms with E-state index in [0.717, 1.165) is 11.4 Å². The van der Waals surface area contributed by atoms with Crippen LogP contribution in [0.25, 0.3) is 0 Å². The van der Waals surface area contributed by atoms with Crippen LogP contribution in [0.15, 0.2) is 58.9 Å². The minimum atomic E-state index is -0.952. The van der Waals surface area contributed by atoms with Crippen molar-refractivity contribution < 1.29 is 33.9 Å². The van der Waals surface area contributed by atoms with Crippen molar-refractivity contribution in [1.29, 1.82) is 0 Å². The quantitative estimate of drug-likeness (QED) is 0.206. The molecule has 0 saturated heterocycles. The highest BCUT2D eigenvalue weighted by Crippen LogP contribution is 2.55. The molecule has 0 saturated carbocycles. The van der Waals surface area contributed by atoms with Crippen molar-refractivity contribution in [2.75, 3.05) is 13.2 Å². The fraction of sp³-hybridized carbons (Fsp3) is 0.457. The number of rotatable bonds is 10. The van der Waals surface area contributed by atoms with Crippen LogP contribution in [0.1, 0.15) is 83.8 Å². The zero-order valence-corrected chi connectivity index (χ0v) is 27.5. The van der Waals surface area contributed by atoms with Gasteiger partial charge in [0.1, 0.15) is 6.61 Å². The van der Waals surface area contributed by atoms with Gasteiger partial charge in [0.25, 0.3) is 5.69 Å². The summed E-state index contributed by atoms with van der Waals surface area (Å²) < 4.78 is 12.1. The molecule has 2 aromatic rings. The van der Waals surface area contributed by atoms with Gasteiger partial charge in [-0.05, 0) is 66.0 Å². The molecule has 0 bridgehead atoms. The third-order valence-corrected chi connectivity index (χ3v) is 9.05. The van der Waals surface area contributed by atoms with Gasteiger partial charge in [-0.1, -0.05) is 39.3 Å². The van der Waals surface area contributed by atoms with E-state index in [9.17, 15) is 29.6 Å². The van der Waals surface area contributed by atoms with E-state index in [0.29, 0.717) is 60.3 Å². The lowest BCUT2D eigenvalue weighted by atomic mass is 9.63. The normalized spacial score (nSPS) is 19.1. The van der Waals surface area contributed by atoms with Crippen LogP contribution in [-0.2, 0) is 21.0 Å². The number of ketones is 2. The van der Waals surface area contributed by atoms with Crippen molar-refractivity contribution in [1.82, 2.24) is 4.90 Å². The first-order chi connectivity index (χ1) is 21.6. The number of ether oxygens (including phenoxy) is 2. The van der Waals surface area contributed by atoms with Crippen molar-refractivity contribution in [2.45, 2.75) is 79.2 Å². The fourth-order valence-corrected chi connectivity index (χ4v) is 7.16. The van der Waals surface area contributed by atoms with Gasteiger partial charge in [0.15, 0.2) is 23.1 Å². The highest BCUT2D eigenvalue weighted by atomic mass is 35.5. The summed E-state index contributed by atoms with van der Waals surface area (Å²) in [7, 11) is 0. The number of benzene rings is 2. The van der Waals surface area contributed by atoms with E-state index in [4.69, 9.17) is 21.1 Å². The average molecular weight is 651 g/mol. The lowest BCUT2D eigenvalue weighted by Gasteiger charge is -2.49. The van der Waals surface area contributed by atoms with Gasteiger partial charge in [-0.3, -0.25) is 24.5 Å². The molecule has 11 heteroatoms. The van der Waals surface area contributed by atoms with E-state index in [1.807, 2.05) is 39.5 Å². The number of nitro benzene ring substituents is 1. The Morgan fingerprint density at radius 1 is 0.978 bits per heavy atom. The van der Waals surface area contributed by atoms with Gasteiger partial charge in [0.05, 0.1) is 23.0 Å². The van der Waals surface area contributed by atoms with Crippen LogP contribution in [0.2, 0.25) is 5.02 Å². The topological polar surface area (TPSA) is 136 Å². The number of non-ortho nitro benzene ring substituents is 1. The molecule has 3 aliphatic rings. The Bertz CT molecular complexity index is 1620. The number of hydrogen-bond acceptors (Lipinski definition) is 8. The first-order valence-corrected chi connectivity index (χ1v) is 15.8. The maximum Gasteiger partial charge on any atom is 0.305 e. The third-order valence-electron chi connectivity index (χ3n) is 8.77. The second-order valence-electron chi connectivity index (χ2n) is 13.8. The minimum absolute atomic E-state index is 0.0289. The Balaban J connectivity index is 1.63. The molecule has 2 aliphatic carbocycles. The second-order valence-corrected chi connectivity index (χ2v) is 14.2. The lowest BCUT2D eigenvalue weighted by Crippen LogP contribution is -2.45. The molecule has 0 atom stereocenters. The van der Waals surface area contributed by atoms with Crippen LogP contribution in [0.3, 0.4) is 0 Å². The van der Waals surface area contributed by atoms with Crippen molar-refractivity contribution in [2.24, 2.45) is 10.8 Å². The Kier molecular flexibility index (Phi) is 9.05. The molecule has 1 heterocycles. The fourth-order valence-electron chi connectivity index (χ4n) is 6.89. The predicted molar refractivity (Wildman–Crippen MR) is 172 cm³/mol. The largest absolute Gasteiger partial charge is 0.490 e. The van der Waals surface area contributed by atoms with Gasteiger partial charge in [-0.2, -0.15) is 0 Å². The molecule has 46 heavy (non-hydrogen) atoms. The molecule has 0 unspecified atom stereocenters. The Labute approximate surface area is 273 Å². The van der Waals surface area contributed by atoms with E-state index >= 15 is 0 Å².